The largest absolute Gasteiger partial charge is 0.390 e. The summed E-state index contributed by atoms with van der Waals surface area (Å²) >= 11 is 0. The second-order valence-corrected chi connectivity index (χ2v) is 4.18. The number of aliphatic hydroxyl groups is 1. The van der Waals surface area contributed by atoms with Crippen LogP contribution in [-0.4, -0.2) is 30.8 Å². The van der Waals surface area contributed by atoms with E-state index >= 15 is 0 Å². The van der Waals surface area contributed by atoms with Crippen molar-refractivity contribution in [2.75, 3.05) is 19.7 Å². The van der Waals surface area contributed by atoms with Gasteiger partial charge < -0.3 is 10.0 Å². The van der Waals surface area contributed by atoms with Crippen molar-refractivity contribution in [3.8, 4) is 0 Å². The Bertz CT molecular complexity index is 181. The molecule has 2 nitrogen and oxygen atoms in total. The van der Waals surface area contributed by atoms with E-state index in [4.69, 9.17) is 5.11 Å². The molecule has 68 valence electrons. The molecule has 3 rings (SSSR count). The molecular formula is C10H18NO+. The highest BCUT2D eigenvalue weighted by Crippen LogP contribution is 2.27. The molecule has 3 unspecified atom stereocenters. The van der Waals surface area contributed by atoms with Gasteiger partial charge in [0.05, 0.1) is 19.7 Å². The SMILES string of the molecule is C=CC1C[NH+]2CCC1C[C@H]2CO. The first kappa shape index (κ1) is 8.27. The Kier molecular flexibility index (Phi) is 2.20. The molecule has 3 heterocycles. The van der Waals surface area contributed by atoms with Gasteiger partial charge in [-0.1, -0.05) is 6.08 Å². The Morgan fingerprint density at radius 1 is 1.58 bits per heavy atom. The number of fused-ring (bicyclic) bond motifs is 3. The zero-order chi connectivity index (χ0) is 8.55. The Hall–Kier alpha value is -0.340. The first-order valence-electron chi connectivity index (χ1n) is 4.93. The van der Waals surface area contributed by atoms with Crippen LogP contribution in [0.3, 0.4) is 0 Å². The number of hydrogen-bond acceptors (Lipinski definition) is 1. The van der Waals surface area contributed by atoms with E-state index in [2.05, 4.69) is 12.7 Å². The molecule has 3 aliphatic rings. The van der Waals surface area contributed by atoms with E-state index < -0.39 is 0 Å². The smallest absolute Gasteiger partial charge is 0.111 e. The van der Waals surface area contributed by atoms with Gasteiger partial charge in [-0.2, -0.15) is 0 Å². The minimum Gasteiger partial charge on any atom is -0.390 e. The lowest BCUT2D eigenvalue weighted by atomic mass is 9.76. The third kappa shape index (κ3) is 1.19. The fourth-order valence-corrected chi connectivity index (χ4v) is 2.83. The summed E-state index contributed by atoms with van der Waals surface area (Å²) in [5, 5.41) is 9.13. The number of piperidine rings is 3. The van der Waals surface area contributed by atoms with Crippen molar-refractivity contribution in [2.45, 2.75) is 18.9 Å². The molecule has 3 fully saturated rings. The molecule has 2 heteroatoms. The van der Waals surface area contributed by atoms with E-state index in [1.54, 1.807) is 4.90 Å². The van der Waals surface area contributed by atoms with Crippen LogP contribution in [0.1, 0.15) is 12.8 Å². The Morgan fingerprint density at radius 3 is 2.92 bits per heavy atom. The van der Waals surface area contributed by atoms with Crippen molar-refractivity contribution >= 4 is 0 Å². The zero-order valence-corrected chi connectivity index (χ0v) is 7.50. The molecule has 0 radical (unpaired) electrons. The fraction of sp³-hybridized carbons (Fsp3) is 0.800. The van der Waals surface area contributed by atoms with Crippen LogP contribution in [0.5, 0.6) is 0 Å². The number of hydrogen-bond donors (Lipinski definition) is 2. The lowest BCUT2D eigenvalue weighted by Crippen LogP contribution is -3.20. The summed E-state index contributed by atoms with van der Waals surface area (Å²) in [6.45, 7) is 6.72. The average Bonchev–Trinajstić information content (AvgIpc) is 2.18. The maximum Gasteiger partial charge on any atom is 0.111 e. The normalized spacial score (nSPS) is 46.1. The summed E-state index contributed by atoms with van der Waals surface area (Å²) in [6, 6.07) is 0.528. The monoisotopic (exact) mass is 168 g/mol. The van der Waals surface area contributed by atoms with E-state index in [9.17, 15) is 0 Å². The molecule has 3 saturated heterocycles. The third-order valence-corrected chi connectivity index (χ3v) is 3.63. The summed E-state index contributed by atoms with van der Waals surface area (Å²) in [5.41, 5.74) is 0. The molecule has 12 heavy (non-hydrogen) atoms. The van der Waals surface area contributed by atoms with E-state index in [1.165, 1.54) is 25.9 Å². The highest BCUT2D eigenvalue weighted by Gasteiger charge is 2.41. The second kappa shape index (κ2) is 3.19. The van der Waals surface area contributed by atoms with Gasteiger partial charge in [0.15, 0.2) is 0 Å². The highest BCUT2D eigenvalue weighted by molar-refractivity contribution is 4.90. The van der Waals surface area contributed by atoms with E-state index in [0.717, 1.165) is 11.8 Å². The van der Waals surface area contributed by atoms with Gasteiger partial charge >= 0.3 is 0 Å². The number of nitrogens with one attached hydrogen (secondary N) is 1. The van der Waals surface area contributed by atoms with Crippen LogP contribution >= 0.6 is 0 Å². The van der Waals surface area contributed by atoms with E-state index in [0.29, 0.717) is 12.6 Å². The predicted octanol–water partition coefficient (Wildman–Crippen LogP) is -0.542. The van der Waals surface area contributed by atoms with Gasteiger partial charge in [0.2, 0.25) is 0 Å². The van der Waals surface area contributed by atoms with Crippen molar-refractivity contribution in [2.24, 2.45) is 11.8 Å². The minimum atomic E-state index is 0.371. The third-order valence-electron chi connectivity index (χ3n) is 3.63. The quantitative estimate of drug-likeness (QED) is 0.532. The van der Waals surface area contributed by atoms with Crippen LogP contribution in [0.15, 0.2) is 12.7 Å². The van der Waals surface area contributed by atoms with Crippen LogP contribution in [0, 0.1) is 11.8 Å². The molecule has 3 aliphatic heterocycles. The fourth-order valence-electron chi connectivity index (χ4n) is 2.83. The molecule has 4 atom stereocenters. The molecule has 0 aromatic heterocycles. The van der Waals surface area contributed by atoms with Crippen LogP contribution < -0.4 is 4.90 Å². The highest BCUT2D eigenvalue weighted by atomic mass is 16.3. The molecule has 0 aliphatic carbocycles. The Labute approximate surface area is 73.9 Å². The van der Waals surface area contributed by atoms with Crippen molar-refractivity contribution in [3.05, 3.63) is 12.7 Å². The second-order valence-electron chi connectivity index (χ2n) is 4.18. The molecule has 0 saturated carbocycles. The Morgan fingerprint density at radius 2 is 2.42 bits per heavy atom. The van der Waals surface area contributed by atoms with E-state index in [1.807, 2.05) is 0 Å². The predicted molar refractivity (Wildman–Crippen MR) is 48.0 cm³/mol. The standard InChI is InChI=1S/C10H17NO/c1-2-8-6-11-4-3-9(8)5-10(11)7-12/h2,8-10,12H,1,3-7H2/p+1/t8?,9?,10-/m0/s1. The first-order valence-corrected chi connectivity index (χ1v) is 4.93. The summed E-state index contributed by atoms with van der Waals surface area (Å²) in [4.78, 5) is 1.60. The van der Waals surface area contributed by atoms with Crippen molar-refractivity contribution in [1.82, 2.24) is 0 Å². The van der Waals surface area contributed by atoms with Crippen LogP contribution in [-0.2, 0) is 0 Å². The molecule has 0 aromatic rings. The van der Waals surface area contributed by atoms with Gasteiger partial charge in [0.1, 0.15) is 6.04 Å². The molecule has 2 N–H and O–H groups in total. The van der Waals surface area contributed by atoms with Gasteiger partial charge in [0.25, 0.3) is 0 Å². The topological polar surface area (TPSA) is 24.7 Å². The molecule has 2 bridgehead atoms. The van der Waals surface area contributed by atoms with Crippen LogP contribution in [0.4, 0.5) is 0 Å². The number of quaternary nitrogens is 1. The van der Waals surface area contributed by atoms with Crippen LogP contribution in [0.2, 0.25) is 0 Å². The summed E-state index contributed by atoms with van der Waals surface area (Å²) in [7, 11) is 0. The minimum absolute atomic E-state index is 0.371. The maximum atomic E-state index is 9.13. The molecule has 0 spiro atoms. The average molecular weight is 168 g/mol. The van der Waals surface area contributed by atoms with Crippen molar-refractivity contribution in [3.63, 3.8) is 0 Å². The van der Waals surface area contributed by atoms with Gasteiger partial charge in [-0.25, -0.2) is 0 Å². The Balaban J connectivity index is 2.05. The van der Waals surface area contributed by atoms with E-state index in [-0.39, 0.29) is 0 Å². The van der Waals surface area contributed by atoms with Crippen molar-refractivity contribution in [1.29, 1.82) is 0 Å². The zero-order valence-electron chi connectivity index (χ0n) is 7.50. The van der Waals surface area contributed by atoms with Gasteiger partial charge in [-0.15, -0.1) is 6.58 Å². The van der Waals surface area contributed by atoms with Gasteiger partial charge in [0, 0.05) is 18.8 Å². The molecule has 0 aromatic carbocycles. The lowest BCUT2D eigenvalue weighted by molar-refractivity contribution is -0.945. The van der Waals surface area contributed by atoms with Gasteiger partial charge in [-0.3, -0.25) is 0 Å². The van der Waals surface area contributed by atoms with Crippen LogP contribution in [0.25, 0.3) is 0 Å². The number of aliphatic hydroxyl groups excluding tert-OH is 1. The summed E-state index contributed by atoms with van der Waals surface area (Å²) in [6.07, 6.45) is 4.66. The summed E-state index contributed by atoms with van der Waals surface area (Å²) in [5.74, 6) is 1.54. The summed E-state index contributed by atoms with van der Waals surface area (Å²) < 4.78 is 0. The maximum absolute atomic E-state index is 9.13. The van der Waals surface area contributed by atoms with Crippen molar-refractivity contribution < 1.29 is 10.0 Å². The molecule has 0 amide bonds. The lowest BCUT2D eigenvalue weighted by Gasteiger charge is -2.45. The van der Waals surface area contributed by atoms with Gasteiger partial charge in [-0.05, 0) is 5.92 Å². The molecular weight excluding hydrogens is 150 g/mol. The number of rotatable bonds is 2. The first-order chi connectivity index (χ1) is 5.85.